The van der Waals surface area contributed by atoms with Gasteiger partial charge in [-0.05, 0) is 53.9 Å². The summed E-state index contributed by atoms with van der Waals surface area (Å²) in [5.41, 5.74) is 3.79. The van der Waals surface area contributed by atoms with Crippen molar-refractivity contribution in [3.8, 4) is 0 Å². The van der Waals surface area contributed by atoms with Gasteiger partial charge in [-0.3, -0.25) is 4.90 Å². The van der Waals surface area contributed by atoms with Crippen LogP contribution in [0.1, 0.15) is 33.9 Å². The van der Waals surface area contributed by atoms with Crippen molar-refractivity contribution >= 4 is 30.8 Å². The van der Waals surface area contributed by atoms with E-state index in [9.17, 15) is 35.5 Å². The molecule has 14 heteroatoms. The number of urea groups is 1. The van der Waals surface area contributed by atoms with Crippen LogP contribution in [-0.4, -0.2) is 60.5 Å². The molecule has 0 bridgehead atoms. The fourth-order valence-corrected chi connectivity index (χ4v) is 4.40. The Morgan fingerprint density at radius 3 is 2.08 bits per heavy atom. The van der Waals surface area contributed by atoms with Gasteiger partial charge in [-0.1, -0.05) is 6.07 Å². The zero-order valence-electron chi connectivity index (χ0n) is 20.6. The number of carbonyl (C=O) groups is 1. The Bertz CT molecular complexity index is 1070. The number of benzene rings is 2. The van der Waals surface area contributed by atoms with E-state index in [1.54, 1.807) is 13.0 Å². The van der Waals surface area contributed by atoms with Crippen LogP contribution < -0.4 is 5.73 Å². The van der Waals surface area contributed by atoms with Gasteiger partial charge in [-0.15, -0.1) is 24.8 Å². The Kier molecular flexibility index (Phi) is 11.7. The molecule has 1 aliphatic rings. The fourth-order valence-electron chi connectivity index (χ4n) is 4.40. The number of amides is 2. The van der Waals surface area contributed by atoms with E-state index in [4.69, 9.17) is 5.73 Å². The Morgan fingerprint density at radius 1 is 1.00 bits per heavy atom. The predicted octanol–water partition coefficient (Wildman–Crippen LogP) is 5.88. The van der Waals surface area contributed by atoms with E-state index < -0.39 is 47.9 Å². The van der Waals surface area contributed by atoms with Crippen LogP contribution in [0.3, 0.4) is 0 Å². The number of nitrogens with two attached hydrogens (primary N) is 1. The van der Waals surface area contributed by atoms with Crippen molar-refractivity contribution in [3.63, 3.8) is 0 Å². The minimum absolute atomic E-state index is 0. The number of rotatable bonds is 5. The average molecular weight is 593 g/mol. The summed E-state index contributed by atoms with van der Waals surface area (Å²) in [6, 6.07) is 4.39. The highest BCUT2D eigenvalue weighted by molar-refractivity contribution is 5.85. The molecular weight excluding hydrogens is 564 g/mol. The highest BCUT2D eigenvalue weighted by atomic mass is 35.5. The van der Waals surface area contributed by atoms with Gasteiger partial charge in [0.2, 0.25) is 0 Å². The van der Waals surface area contributed by atoms with E-state index in [0.29, 0.717) is 49.4 Å². The monoisotopic (exact) mass is 592 g/mol. The third-order valence-electron chi connectivity index (χ3n) is 6.14. The number of aryl methyl sites for hydroxylation is 1. The minimum atomic E-state index is -4.98. The largest absolute Gasteiger partial charge is 0.416 e. The minimum Gasteiger partial charge on any atom is -0.329 e. The van der Waals surface area contributed by atoms with Crippen molar-refractivity contribution < 1.29 is 35.5 Å². The van der Waals surface area contributed by atoms with Gasteiger partial charge < -0.3 is 15.5 Å². The number of alkyl halides is 6. The maximum Gasteiger partial charge on any atom is 0.416 e. The van der Waals surface area contributed by atoms with Crippen LogP contribution in [0.2, 0.25) is 0 Å². The lowest BCUT2D eigenvalue weighted by atomic mass is 9.97. The van der Waals surface area contributed by atoms with E-state index in [0.717, 1.165) is 4.90 Å². The van der Waals surface area contributed by atoms with Crippen LogP contribution in [0.25, 0.3) is 0 Å². The number of piperazine rings is 1. The molecule has 1 atom stereocenters. The summed E-state index contributed by atoms with van der Waals surface area (Å²) in [6.07, 6.45) is -9.97. The second kappa shape index (κ2) is 13.2. The lowest BCUT2D eigenvalue weighted by Gasteiger charge is -2.43. The molecule has 0 saturated carbocycles. The summed E-state index contributed by atoms with van der Waals surface area (Å²) in [5, 5.41) is 0. The summed E-state index contributed by atoms with van der Waals surface area (Å²) < 4.78 is 93.1. The Hall–Kier alpha value is -2.28. The van der Waals surface area contributed by atoms with Crippen LogP contribution >= 0.6 is 24.8 Å². The van der Waals surface area contributed by atoms with E-state index in [1.807, 2.05) is 4.90 Å². The molecule has 0 aliphatic carbocycles. The van der Waals surface area contributed by atoms with Gasteiger partial charge in [0, 0.05) is 46.3 Å². The van der Waals surface area contributed by atoms with Crippen molar-refractivity contribution in [1.82, 2.24) is 14.7 Å². The first-order chi connectivity index (χ1) is 16.7. The summed E-state index contributed by atoms with van der Waals surface area (Å²) in [4.78, 5) is 18.0. The van der Waals surface area contributed by atoms with Crippen molar-refractivity contribution in [3.05, 3.63) is 70.0 Å². The quantitative estimate of drug-likeness (QED) is 0.441. The van der Waals surface area contributed by atoms with Crippen LogP contribution in [0.15, 0.2) is 36.4 Å². The molecule has 5 nitrogen and oxygen atoms in total. The molecule has 2 N–H and O–H groups in total. The summed E-state index contributed by atoms with van der Waals surface area (Å²) in [7, 11) is 1.32. The highest BCUT2D eigenvalue weighted by Gasteiger charge is 2.38. The standard InChI is InChI=1S/C24H27F7N4O.2ClH/c1-15-9-19(25)3-4-20(15)21-14-34(6-5-32)7-8-35(21)22(36)33(2)13-16-10-17(23(26,27)28)12-18(11-16)24(29,30)31;;/h3-4,9-12,21H,5-8,13-14,32H2,1-2H3;2*1H/t21-;;/m1../s1. The zero-order chi connectivity index (χ0) is 26.8. The van der Waals surface area contributed by atoms with Crippen molar-refractivity contribution in [2.75, 3.05) is 39.8 Å². The van der Waals surface area contributed by atoms with Crippen molar-refractivity contribution in [2.24, 2.45) is 5.73 Å². The van der Waals surface area contributed by atoms with Crippen LogP contribution in [0, 0.1) is 12.7 Å². The number of hydrogen-bond donors (Lipinski definition) is 1. The molecule has 1 heterocycles. The number of nitrogens with zero attached hydrogens (tertiary/aromatic N) is 3. The Morgan fingerprint density at radius 2 is 1.58 bits per heavy atom. The maximum atomic E-state index is 13.7. The molecule has 3 rings (SSSR count). The van der Waals surface area contributed by atoms with Gasteiger partial charge in [-0.2, -0.15) is 26.3 Å². The summed E-state index contributed by atoms with van der Waals surface area (Å²) in [5.74, 6) is -0.439. The van der Waals surface area contributed by atoms with E-state index in [2.05, 4.69) is 0 Å². The fraction of sp³-hybridized carbons (Fsp3) is 0.458. The van der Waals surface area contributed by atoms with Gasteiger partial charge in [-0.25, -0.2) is 9.18 Å². The molecule has 2 aromatic rings. The van der Waals surface area contributed by atoms with Crippen LogP contribution in [0.5, 0.6) is 0 Å². The second-order valence-corrected chi connectivity index (χ2v) is 8.85. The van der Waals surface area contributed by atoms with Gasteiger partial charge in [0.15, 0.2) is 0 Å². The summed E-state index contributed by atoms with van der Waals surface area (Å²) in [6.45, 7) is 3.32. The SMILES string of the molecule is Cc1cc(F)ccc1[C@H]1CN(CCN)CCN1C(=O)N(C)Cc1cc(C(F)(F)F)cc(C(F)(F)F)c1.Cl.Cl. The molecule has 38 heavy (non-hydrogen) atoms. The number of halogens is 9. The molecule has 1 aliphatic heterocycles. The van der Waals surface area contributed by atoms with Crippen molar-refractivity contribution in [2.45, 2.75) is 31.9 Å². The predicted molar refractivity (Wildman–Crippen MR) is 134 cm³/mol. The van der Waals surface area contributed by atoms with E-state index >= 15 is 0 Å². The third-order valence-corrected chi connectivity index (χ3v) is 6.14. The molecule has 214 valence electrons. The first kappa shape index (κ1) is 33.7. The van der Waals surface area contributed by atoms with Gasteiger partial charge in [0.25, 0.3) is 0 Å². The summed E-state index contributed by atoms with van der Waals surface area (Å²) >= 11 is 0. The molecule has 1 fully saturated rings. The molecule has 2 amide bonds. The smallest absolute Gasteiger partial charge is 0.329 e. The van der Waals surface area contributed by atoms with Crippen molar-refractivity contribution in [1.29, 1.82) is 0 Å². The maximum absolute atomic E-state index is 13.7. The number of hydrogen-bond acceptors (Lipinski definition) is 3. The van der Waals surface area contributed by atoms with Gasteiger partial charge >= 0.3 is 18.4 Å². The van der Waals surface area contributed by atoms with Gasteiger partial charge in [0.05, 0.1) is 17.2 Å². The Balaban J connectivity index is 0.00000361. The molecule has 0 aromatic heterocycles. The molecule has 1 saturated heterocycles. The van der Waals surface area contributed by atoms with Crippen LogP contribution in [0.4, 0.5) is 35.5 Å². The first-order valence-electron chi connectivity index (χ1n) is 11.2. The molecule has 0 unspecified atom stereocenters. The van der Waals surface area contributed by atoms with Gasteiger partial charge in [0.1, 0.15) is 5.82 Å². The van der Waals surface area contributed by atoms with E-state index in [-0.39, 0.29) is 43.0 Å². The average Bonchev–Trinajstić information content (AvgIpc) is 2.77. The molecule has 0 spiro atoms. The highest BCUT2D eigenvalue weighted by Crippen LogP contribution is 2.37. The topological polar surface area (TPSA) is 52.8 Å². The molecular formula is C24H29Cl2F7N4O. The zero-order valence-corrected chi connectivity index (χ0v) is 22.2. The first-order valence-corrected chi connectivity index (χ1v) is 11.2. The lowest BCUT2D eigenvalue weighted by Crippen LogP contribution is -2.54. The normalized spacial score (nSPS) is 16.5. The lowest BCUT2D eigenvalue weighted by molar-refractivity contribution is -0.143. The Labute approximate surface area is 228 Å². The third kappa shape index (κ3) is 8.11. The second-order valence-electron chi connectivity index (χ2n) is 8.85. The number of carbonyl (C=O) groups excluding carboxylic acids is 1. The van der Waals surface area contributed by atoms with E-state index in [1.165, 1.54) is 24.1 Å². The molecule has 0 radical (unpaired) electrons. The molecule has 2 aromatic carbocycles. The van der Waals surface area contributed by atoms with Crippen LogP contribution in [-0.2, 0) is 18.9 Å².